The van der Waals surface area contributed by atoms with Gasteiger partial charge in [-0.05, 0) is 18.6 Å². The van der Waals surface area contributed by atoms with E-state index in [0.29, 0.717) is 19.1 Å². The van der Waals surface area contributed by atoms with Gasteiger partial charge in [0.2, 0.25) is 5.91 Å². The van der Waals surface area contributed by atoms with E-state index in [0.717, 1.165) is 31.9 Å². The summed E-state index contributed by atoms with van der Waals surface area (Å²) in [6, 6.07) is 5.99. The Hall–Kier alpha value is -3.10. The van der Waals surface area contributed by atoms with E-state index in [1.807, 2.05) is 29.3 Å². The maximum absolute atomic E-state index is 11.6. The Morgan fingerprint density at radius 1 is 1.00 bits per heavy atom. The van der Waals surface area contributed by atoms with E-state index in [-0.39, 0.29) is 12.0 Å². The molecule has 0 saturated carbocycles. The molecule has 0 aromatic carbocycles. The van der Waals surface area contributed by atoms with Crippen LogP contribution in [-0.2, 0) is 19.1 Å². The number of ether oxygens (including phenoxy) is 1. The number of aliphatic carboxylic acids is 2. The maximum Gasteiger partial charge on any atom is 0.490 e. The molecule has 2 aliphatic heterocycles. The Morgan fingerprint density at radius 3 is 2.00 bits per heavy atom. The summed E-state index contributed by atoms with van der Waals surface area (Å²) < 4.78 is 69.4. The van der Waals surface area contributed by atoms with E-state index in [1.54, 1.807) is 6.92 Å². The Labute approximate surface area is 189 Å². The fourth-order valence-electron chi connectivity index (χ4n) is 3.09. The van der Waals surface area contributed by atoms with Crippen LogP contribution in [0.4, 0.5) is 32.2 Å². The van der Waals surface area contributed by atoms with Crippen LogP contribution in [0, 0.1) is 5.92 Å². The van der Waals surface area contributed by atoms with Gasteiger partial charge in [-0.2, -0.15) is 26.3 Å². The summed E-state index contributed by atoms with van der Waals surface area (Å²) in [6.07, 6.45) is -7.09. The van der Waals surface area contributed by atoms with Gasteiger partial charge in [-0.25, -0.2) is 14.6 Å². The second-order valence-electron chi connectivity index (χ2n) is 7.16. The Bertz CT molecular complexity index is 797. The molecule has 34 heavy (non-hydrogen) atoms. The van der Waals surface area contributed by atoms with Crippen molar-refractivity contribution < 1.29 is 55.7 Å². The van der Waals surface area contributed by atoms with Crippen molar-refractivity contribution in [3.8, 4) is 0 Å². The van der Waals surface area contributed by atoms with E-state index in [9.17, 15) is 31.1 Å². The number of anilines is 1. The largest absolute Gasteiger partial charge is 0.490 e. The zero-order valence-electron chi connectivity index (χ0n) is 17.8. The number of halogens is 6. The van der Waals surface area contributed by atoms with Crippen LogP contribution in [0.25, 0.3) is 0 Å². The van der Waals surface area contributed by atoms with Gasteiger partial charge in [0.1, 0.15) is 5.82 Å². The van der Waals surface area contributed by atoms with Gasteiger partial charge in [0, 0.05) is 45.2 Å². The SMILES string of the molecule is CC(=O)N1CCO[C@@H]2CN(c3ccccn3)CC[C@@H]2C1.O=C(O)C(F)(F)F.O=C(O)C(F)(F)F. The maximum atomic E-state index is 11.6. The molecule has 0 bridgehead atoms. The normalized spacial score (nSPS) is 20.4. The first-order valence-electron chi connectivity index (χ1n) is 9.76. The first kappa shape index (κ1) is 28.9. The molecule has 2 saturated heterocycles. The summed E-state index contributed by atoms with van der Waals surface area (Å²) in [6.45, 7) is 5.67. The summed E-state index contributed by atoms with van der Waals surface area (Å²) >= 11 is 0. The standard InChI is InChI=1S/C15H21N3O2.2C2HF3O2/c1-12(19)17-8-9-20-14-11-18(7-5-13(14)10-17)15-4-2-3-6-16-15;2*3-2(4,5)1(6)7/h2-4,6,13-14H,5,7-11H2,1H3;2*(H,6,7)/t13-,14-;;/m1../s1. The third kappa shape index (κ3) is 9.80. The van der Waals surface area contributed by atoms with Crippen molar-refractivity contribution in [3.05, 3.63) is 24.4 Å². The minimum atomic E-state index is -5.08. The summed E-state index contributed by atoms with van der Waals surface area (Å²) in [4.78, 5) is 38.0. The number of carboxylic acid groups (broad SMARTS) is 2. The monoisotopic (exact) mass is 503 g/mol. The number of hydrogen-bond donors (Lipinski definition) is 2. The molecule has 192 valence electrons. The zero-order valence-corrected chi connectivity index (χ0v) is 17.8. The van der Waals surface area contributed by atoms with Gasteiger partial charge < -0.3 is 24.7 Å². The topological polar surface area (TPSA) is 120 Å². The molecule has 2 N–H and O–H groups in total. The molecule has 2 fully saturated rings. The Morgan fingerprint density at radius 2 is 1.56 bits per heavy atom. The number of amides is 1. The number of hydrogen-bond acceptors (Lipinski definition) is 6. The lowest BCUT2D eigenvalue weighted by atomic mass is 9.93. The summed E-state index contributed by atoms with van der Waals surface area (Å²) in [5, 5.41) is 14.2. The fourth-order valence-corrected chi connectivity index (χ4v) is 3.09. The van der Waals surface area contributed by atoms with E-state index in [2.05, 4.69) is 9.88 Å². The smallest absolute Gasteiger partial charge is 0.475 e. The summed E-state index contributed by atoms with van der Waals surface area (Å²) in [5.74, 6) is -3.90. The van der Waals surface area contributed by atoms with Gasteiger partial charge in [0.25, 0.3) is 0 Å². The molecule has 1 amide bonds. The number of carboxylic acids is 2. The number of piperidine rings is 1. The van der Waals surface area contributed by atoms with Gasteiger partial charge >= 0.3 is 24.3 Å². The van der Waals surface area contributed by atoms with Crippen molar-refractivity contribution in [1.29, 1.82) is 0 Å². The highest BCUT2D eigenvalue weighted by molar-refractivity contribution is 5.73. The Balaban J connectivity index is 0.000000343. The lowest BCUT2D eigenvalue weighted by Gasteiger charge is -2.38. The van der Waals surface area contributed by atoms with E-state index < -0.39 is 24.3 Å². The molecule has 3 heterocycles. The summed E-state index contributed by atoms with van der Waals surface area (Å²) in [5.41, 5.74) is 0. The lowest BCUT2D eigenvalue weighted by molar-refractivity contribution is -0.193. The molecular formula is C19H23F6N3O6. The molecule has 0 radical (unpaired) electrons. The molecule has 9 nitrogen and oxygen atoms in total. The minimum absolute atomic E-state index is 0.154. The van der Waals surface area contributed by atoms with Crippen LogP contribution in [0.2, 0.25) is 0 Å². The van der Waals surface area contributed by atoms with Crippen molar-refractivity contribution >= 4 is 23.7 Å². The van der Waals surface area contributed by atoms with E-state index >= 15 is 0 Å². The van der Waals surface area contributed by atoms with Crippen LogP contribution < -0.4 is 4.90 Å². The first-order chi connectivity index (χ1) is 15.6. The van der Waals surface area contributed by atoms with E-state index in [1.165, 1.54) is 0 Å². The average molecular weight is 503 g/mol. The number of fused-ring (bicyclic) bond motifs is 1. The van der Waals surface area contributed by atoms with Crippen LogP contribution in [0.1, 0.15) is 13.3 Å². The van der Waals surface area contributed by atoms with Crippen LogP contribution >= 0.6 is 0 Å². The molecule has 15 heteroatoms. The summed E-state index contributed by atoms with van der Waals surface area (Å²) in [7, 11) is 0. The first-order valence-corrected chi connectivity index (χ1v) is 9.76. The van der Waals surface area contributed by atoms with Gasteiger partial charge in [-0.15, -0.1) is 0 Å². The molecule has 2 aliphatic rings. The number of alkyl halides is 6. The number of rotatable bonds is 1. The van der Waals surface area contributed by atoms with Gasteiger partial charge in [0.15, 0.2) is 0 Å². The highest BCUT2D eigenvalue weighted by Crippen LogP contribution is 2.26. The third-order valence-corrected chi connectivity index (χ3v) is 4.75. The highest BCUT2D eigenvalue weighted by Gasteiger charge is 2.39. The molecule has 0 spiro atoms. The van der Waals surface area contributed by atoms with Crippen molar-refractivity contribution in [1.82, 2.24) is 9.88 Å². The second-order valence-corrected chi connectivity index (χ2v) is 7.16. The van der Waals surface area contributed by atoms with Crippen LogP contribution in [-0.4, -0.2) is 89.2 Å². The predicted octanol–water partition coefficient (Wildman–Crippen LogP) is 2.42. The highest BCUT2D eigenvalue weighted by atomic mass is 19.4. The van der Waals surface area contributed by atoms with Crippen LogP contribution in [0.3, 0.4) is 0 Å². The number of pyridine rings is 1. The second kappa shape index (κ2) is 12.4. The number of carbonyl (C=O) groups excluding carboxylic acids is 1. The fraction of sp³-hybridized carbons (Fsp3) is 0.579. The number of nitrogens with zero attached hydrogens (tertiary/aromatic N) is 3. The van der Waals surface area contributed by atoms with Crippen molar-refractivity contribution in [2.24, 2.45) is 5.92 Å². The zero-order chi connectivity index (χ0) is 26.1. The van der Waals surface area contributed by atoms with Crippen LogP contribution in [0.5, 0.6) is 0 Å². The van der Waals surface area contributed by atoms with Crippen molar-refractivity contribution in [2.45, 2.75) is 31.8 Å². The lowest BCUT2D eigenvalue weighted by Crippen LogP contribution is -2.47. The van der Waals surface area contributed by atoms with Crippen LogP contribution in [0.15, 0.2) is 24.4 Å². The quantitative estimate of drug-likeness (QED) is 0.561. The van der Waals surface area contributed by atoms with Crippen molar-refractivity contribution in [3.63, 3.8) is 0 Å². The predicted molar refractivity (Wildman–Crippen MR) is 104 cm³/mol. The molecule has 0 unspecified atom stereocenters. The Kier molecular flexibility index (Phi) is 10.5. The average Bonchev–Trinajstić information content (AvgIpc) is 2.96. The van der Waals surface area contributed by atoms with Gasteiger partial charge in [-0.3, -0.25) is 4.79 Å². The number of aromatic nitrogens is 1. The molecule has 1 aromatic rings. The molecule has 3 rings (SSSR count). The molecule has 0 aliphatic carbocycles. The molecular weight excluding hydrogens is 480 g/mol. The van der Waals surface area contributed by atoms with Gasteiger partial charge in [0.05, 0.1) is 12.7 Å². The van der Waals surface area contributed by atoms with Crippen molar-refractivity contribution in [2.75, 3.05) is 37.7 Å². The molecule has 2 atom stereocenters. The number of carbonyl (C=O) groups is 3. The van der Waals surface area contributed by atoms with Gasteiger partial charge in [-0.1, -0.05) is 6.07 Å². The minimum Gasteiger partial charge on any atom is -0.475 e. The third-order valence-electron chi connectivity index (χ3n) is 4.75. The molecule has 1 aromatic heterocycles. The van der Waals surface area contributed by atoms with E-state index in [4.69, 9.17) is 24.5 Å².